The van der Waals surface area contributed by atoms with Crippen molar-refractivity contribution in [1.29, 1.82) is 0 Å². The third kappa shape index (κ3) is 3.01. The normalized spacial score (nSPS) is 19.2. The number of nitrogens with one attached hydrogen (secondary N) is 1. The van der Waals surface area contributed by atoms with E-state index in [0.29, 0.717) is 5.39 Å². The van der Waals surface area contributed by atoms with E-state index in [1.165, 1.54) is 4.68 Å². The number of rotatable bonds is 4. The maximum absolute atomic E-state index is 12.3. The summed E-state index contributed by atoms with van der Waals surface area (Å²) in [4.78, 5) is 24.4. The number of carbonyl (C=O) groups is 1. The van der Waals surface area contributed by atoms with Crippen LogP contribution in [0.3, 0.4) is 0 Å². The average Bonchev–Trinajstić information content (AvgIpc) is 3.05. The Morgan fingerprint density at radius 1 is 1.50 bits per heavy atom. The van der Waals surface area contributed by atoms with E-state index in [1.807, 2.05) is 19.1 Å². The van der Waals surface area contributed by atoms with Crippen LogP contribution in [-0.4, -0.2) is 34.4 Å². The van der Waals surface area contributed by atoms with E-state index < -0.39 is 0 Å². The number of carbonyl (C=O) groups excluding carboxylic acids is 1. The number of benzene rings is 1. The van der Waals surface area contributed by atoms with Crippen LogP contribution in [0.1, 0.15) is 19.8 Å². The van der Waals surface area contributed by atoms with Gasteiger partial charge in [0, 0.05) is 12.0 Å². The molecule has 1 amide bonds. The third-order valence-corrected chi connectivity index (χ3v) is 3.97. The molecule has 1 aromatic heterocycles. The average molecular weight is 301 g/mol. The minimum atomic E-state index is -0.252. The lowest BCUT2D eigenvalue weighted by molar-refractivity contribution is -0.123. The Labute approximate surface area is 128 Å². The fourth-order valence-corrected chi connectivity index (χ4v) is 2.77. The van der Waals surface area contributed by atoms with Crippen LogP contribution in [0.2, 0.25) is 0 Å². The first kappa shape index (κ1) is 14.7. The summed E-state index contributed by atoms with van der Waals surface area (Å²) in [6.07, 6.45) is 3.64. The van der Waals surface area contributed by atoms with Crippen LogP contribution >= 0.6 is 0 Å². The Morgan fingerprint density at radius 2 is 2.32 bits per heavy atom. The summed E-state index contributed by atoms with van der Waals surface area (Å²) in [6.45, 7) is 2.59. The van der Waals surface area contributed by atoms with E-state index in [2.05, 4.69) is 10.4 Å². The summed E-state index contributed by atoms with van der Waals surface area (Å²) in [7, 11) is 0. The topological polar surface area (TPSA) is 73.2 Å². The van der Waals surface area contributed by atoms with E-state index in [1.54, 1.807) is 18.3 Å². The Kier molecular flexibility index (Phi) is 4.20. The minimum Gasteiger partial charge on any atom is -0.376 e. The summed E-state index contributed by atoms with van der Waals surface area (Å²) in [5, 5.41) is 8.29. The molecule has 0 aliphatic carbocycles. The molecule has 0 saturated carbocycles. The minimum absolute atomic E-state index is 0.0604. The predicted molar refractivity (Wildman–Crippen MR) is 82.6 cm³/mol. The number of hydrogen-bond donors (Lipinski definition) is 1. The van der Waals surface area contributed by atoms with Gasteiger partial charge >= 0.3 is 0 Å². The van der Waals surface area contributed by atoms with Crippen LogP contribution in [0.5, 0.6) is 0 Å². The molecule has 2 aromatic rings. The number of ether oxygens (including phenoxy) is 1. The van der Waals surface area contributed by atoms with Gasteiger partial charge in [-0.2, -0.15) is 5.10 Å². The van der Waals surface area contributed by atoms with E-state index >= 15 is 0 Å². The summed E-state index contributed by atoms with van der Waals surface area (Å²) in [6, 6.07) is 7.15. The van der Waals surface area contributed by atoms with Crippen LogP contribution in [0.15, 0.2) is 35.3 Å². The van der Waals surface area contributed by atoms with Gasteiger partial charge in [-0.1, -0.05) is 18.2 Å². The second kappa shape index (κ2) is 6.27. The van der Waals surface area contributed by atoms with Gasteiger partial charge < -0.3 is 10.1 Å². The summed E-state index contributed by atoms with van der Waals surface area (Å²) in [5.74, 6) is -0.229. The number of amides is 1. The molecule has 2 atom stereocenters. The van der Waals surface area contributed by atoms with E-state index in [-0.39, 0.29) is 30.2 Å². The van der Waals surface area contributed by atoms with Crippen molar-refractivity contribution in [3.63, 3.8) is 0 Å². The molecule has 3 rings (SSSR count). The van der Waals surface area contributed by atoms with Crippen LogP contribution in [-0.2, 0) is 16.1 Å². The highest BCUT2D eigenvalue weighted by Crippen LogP contribution is 2.15. The van der Waals surface area contributed by atoms with Gasteiger partial charge in [0.05, 0.1) is 23.7 Å². The van der Waals surface area contributed by atoms with Crippen molar-refractivity contribution < 1.29 is 9.53 Å². The van der Waals surface area contributed by atoms with Crippen LogP contribution in [0.4, 0.5) is 0 Å². The summed E-state index contributed by atoms with van der Waals surface area (Å²) >= 11 is 0. The molecule has 1 N–H and O–H groups in total. The number of nitrogens with zero attached hydrogens (tertiary/aromatic N) is 2. The van der Waals surface area contributed by atoms with Crippen molar-refractivity contribution in [2.45, 2.75) is 38.5 Å². The first-order chi connectivity index (χ1) is 10.6. The molecule has 6 heteroatoms. The maximum atomic E-state index is 12.3. The molecule has 1 aromatic carbocycles. The van der Waals surface area contributed by atoms with E-state index in [9.17, 15) is 9.59 Å². The number of hydrogen-bond acceptors (Lipinski definition) is 4. The van der Waals surface area contributed by atoms with Crippen molar-refractivity contribution >= 4 is 16.7 Å². The van der Waals surface area contributed by atoms with Gasteiger partial charge in [0.15, 0.2) is 0 Å². The molecule has 0 bridgehead atoms. The summed E-state index contributed by atoms with van der Waals surface area (Å²) in [5.41, 5.74) is -0.252. The van der Waals surface area contributed by atoms with E-state index in [0.717, 1.165) is 24.8 Å². The standard InChI is InChI=1S/C16H19N3O3/c1-11(14-7-4-8-22-14)18-15(20)10-19-16(21)13-6-3-2-5-12(13)9-17-19/h2-3,5-6,9,11,14H,4,7-8,10H2,1H3,(H,18,20)/t11-,14-/m1/s1. The molecule has 1 saturated heterocycles. The Morgan fingerprint density at radius 3 is 3.09 bits per heavy atom. The van der Waals surface area contributed by atoms with Gasteiger partial charge in [-0.25, -0.2) is 4.68 Å². The Balaban J connectivity index is 1.71. The van der Waals surface area contributed by atoms with Gasteiger partial charge in [-0.15, -0.1) is 0 Å². The first-order valence-electron chi connectivity index (χ1n) is 7.51. The van der Waals surface area contributed by atoms with Gasteiger partial charge in [0.2, 0.25) is 5.91 Å². The third-order valence-electron chi connectivity index (χ3n) is 3.97. The number of fused-ring (bicyclic) bond motifs is 1. The van der Waals surface area contributed by atoms with E-state index in [4.69, 9.17) is 4.74 Å². The monoisotopic (exact) mass is 301 g/mol. The van der Waals surface area contributed by atoms with Crippen molar-refractivity contribution in [3.05, 3.63) is 40.8 Å². The van der Waals surface area contributed by atoms with Crippen LogP contribution in [0.25, 0.3) is 10.8 Å². The van der Waals surface area contributed by atoms with Crippen molar-refractivity contribution in [2.24, 2.45) is 0 Å². The molecule has 116 valence electrons. The Bertz CT molecular complexity index is 735. The highest BCUT2D eigenvalue weighted by molar-refractivity contribution is 5.81. The van der Waals surface area contributed by atoms with Crippen molar-refractivity contribution in [3.8, 4) is 0 Å². The highest BCUT2D eigenvalue weighted by atomic mass is 16.5. The lowest BCUT2D eigenvalue weighted by atomic mass is 10.1. The predicted octanol–water partition coefficient (Wildman–Crippen LogP) is 1.08. The zero-order valence-corrected chi connectivity index (χ0v) is 12.5. The fourth-order valence-electron chi connectivity index (χ4n) is 2.77. The van der Waals surface area contributed by atoms with Gasteiger partial charge in [0.25, 0.3) is 5.56 Å². The molecule has 0 unspecified atom stereocenters. The van der Waals surface area contributed by atoms with Crippen molar-refractivity contribution in [1.82, 2.24) is 15.1 Å². The van der Waals surface area contributed by atoms with Crippen molar-refractivity contribution in [2.75, 3.05) is 6.61 Å². The van der Waals surface area contributed by atoms with Crippen LogP contribution < -0.4 is 10.9 Å². The molecule has 1 aliphatic heterocycles. The molecule has 22 heavy (non-hydrogen) atoms. The number of aromatic nitrogens is 2. The quantitative estimate of drug-likeness (QED) is 0.917. The van der Waals surface area contributed by atoms with Crippen LogP contribution in [0, 0.1) is 0 Å². The van der Waals surface area contributed by atoms with Gasteiger partial charge in [0.1, 0.15) is 6.54 Å². The first-order valence-corrected chi connectivity index (χ1v) is 7.51. The smallest absolute Gasteiger partial charge is 0.275 e. The van der Waals surface area contributed by atoms with Gasteiger partial charge in [-0.05, 0) is 25.8 Å². The molecular formula is C16H19N3O3. The highest BCUT2D eigenvalue weighted by Gasteiger charge is 2.23. The zero-order chi connectivity index (χ0) is 15.5. The fraction of sp³-hybridized carbons (Fsp3) is 0.438. The molecule has 6 nitrogen and oxygen atoms in total. The molecule has 0 spiro atoms. The molecule has 1 fully saturated rings. The second-order valence-corrected chi connectivity index (χ2v) is 5.60. The lowest BCUT2D eigenvalue weighted by Crippen LogP contribution is -2.43. The largest absolute Gasteiger partial charge is 0.376 e. The maximum Gasteiger partial charge on any atom is 0.275 e. The summed E-state index contributed by atoms with van der Waals surface area (Å²) < 4.78 is 6.74. The molecule has 1 aliphatic rings. The zero-order valence-electron chi connectivity index (χ0n) is 12.5. The molecule has 2 heterocycles. The SMILES string of the molecule is C[C@@H](NC(=O)Cn1ncc2ccccc2c1=O)[C@H]1CCCO1. The van der Waals surface area contributed by atoms with Gasteiger partial charge in [-0.3, -0.25) is 9.59 Å². The molecular weight excluding hydrogens is 282 g/mol. The second-order valence-electron chi connectivity index (χ2n) is 5.60. The lowest BCUT2D eigenvalue weighted by Gasteiger charge is -2.20. The Hall–Kier alpha value is -2.21. The molecule has 0 radical (unpaired) electrons.